The normalized spacial score (nSPS) is 15.4. The predicted molar refractivity (Wildman–Crippen MR) is 69.0 cm³/mol. The molecule has 1 fully saturated rings. The number of nitrogen functional groups attached to an aromatic ring is 1. The molecule has 0 spiro atoms. The zero-order valence-corrected chi connectivity index (χ0v) is 10.4. The van der Waals surface area contributed by atoms with E-state index in [0.29, 0.717) is 17.7 Å². The first-order chi connectivity index (χ1) is 8.66. The van der Waals surface area contributed by atoms with Gasteiger partial charge in [0.1, 0.15) is 11.7 Å². The van der Waals surface area contributed by atoms with E-state index in [1.165, 1.54) is 25.3 Å². The van der Waals surface area contributed by atoms with E-state index in [0.717, 1.165) is 12.3 Å². The average Bonchev–Trinajstić information content (AvgIpc) is 2.28. The third-order valence-corrected chi connectivity index (χ3v) is 3.52. The number of nitrogens with one attached hydrogen (secondary N) is 1. The van der Waals surface area contributed by atoms with Crippen molar-refractivity contribution in [3.05, 3.63) is 35.1 Å². The molecule has 0 aromatic heterocycles. The van der Waals surface area contributed by atoms with Crippen LogP contribution in [0.25, 0.3) is 0 Å². The van der Waals surface area contributed by atoms with Crippen LogP contribution >= 0.6 is 0 Å². The van der Waals surface area contributed by atoms with Crippen LogP contribution in [0.4, 0.5) is 4.39 Å². The molecule has 1 aromatic carbocycles. The van der Waals surface area contributed by atoms with E-state index >= 15 is 0 Å². The van der Waals surface area contributed by atoms with E-state index in [1.54, 1.807) is 12.1 Å². The minimum Gasteiger partial charge on any atom is -0.384 e. The Morgan fingerprint density at radius 3 is 2.78 bits per heavy atom. The Kier molecular flexibility index (Phi) is 4.31. The molecule has 2 rings (SSSR count). The Morgan fingerprint density at radius 1 is 1.44 bits per heavy atom. The molecule has 3 N–H and O–H groups in total. The lowest BCUT2D eigenvalue weighted by atomic mass is 9.83. The summed E-state index contributed by atoms with van der Waals surface area (Å²) in [5.74, 6) is 0.340. The van der Waals surface area contributed by atoms with E-state index in [4.69, 9.17) is 15.9 Å². The predicted octanol–water partition coefficient (Wildman–Crippen LogP) is 2.82. The van der Waals surface area contributed by atoms with Gasteiger partial charge in [-0.25, -0.2) is 4.39 Å². The fourth-order valence-electron chi connectivity index (χ4n) is 2.05. The van der Waals surface area contributed by atoms with E-state index in [1.807, 2.05) is 0 Å². The quantitative estimate of drug-likeness (QED) is 0.463. The van der Waals surface area contributed by atoms with Crippen molar-refractivity contribution in [1.29, 1.82) is 5.41 Å². The number of halogens is 1. The van der Waals surface area contributed by atoms with E-state index < -0.39 is 0 Å². The summed E-state index contributed by atoms with van der Waals surface area (Å²) in [6, 6.07) is 4.57. The number of rotatable bonds is 6. The lowest BCUT2D eigenvalue weighted by Gasteiger charge is -2.24. The van der Waals surface area contributed by atoms with Gasteiger partial charge in [0, 0.05) is 17.7 Å². The maximum atomic E-state index is 13.6. The zero-order valence-electron chi connectivity index (χ0n) is 10.4. The van der Waals surface area contributed by atoms with Crippen LogP contribution in [0.1, 0.15) is 36.8 Å². The fraction of sp³-hybridized carbons (Fsp3) is 0.500. The second kappa shape index (κ2) is 5.96. The van der Waals surface area contributed by atoms with Gasteiger partial charge in [-0.15, -0.1) is 0 Å². The number of benzene rings is 1. The highest BCUT2D eigenvalue weighted by Crippen LogP contribution is 2.29. The summed E-state index contributed by atoms with van der Waals surface area (Å²) >= 11 is 0. The van der Waals surface area contributed by atoms with Gasteiger partial charge in [-0.1, -0.05) is 31.4 Å². The first-order valence-corrected chi connectivity index (χ1v) is 6.37. The summed E-state index contributed by atoms with van der Waals surface area (Å²) in [5, 5.41) is 7.23. The first kappa shape index (κ1) is 13.0. The molecule has 0 aliphatic heterocycles. The van der Waals surface area contributed by atoms with Gasteiger partial charge in [0.2, 0.25) is 0 Å². The molecule has 0 unspecified atom stereocenters. The Bertz CT molecular complexity index is 430. The summed E-state index contributed by atoms with van der Waals surface area (Å²) in [6.07, 6.45) is 5.04. The summed E-state index contributed by atoms with van der Waals surface area (Å²) in [7, 11) is 0. The molecule has 1 saturated carbocycles. The van der Waals surface area contributed by atoms with Crippen molar-refractivity contribution < 1.29 is 9.13 Å². The molecule has 0 saturated heterocycles. The lowest BCUT2D eigenvalue weighted by molar-refractivity contribution is 0.0932. The lowest BCUT2D eigenvalue weighted by Crippen LogP contribution is -2.14. The van der Waals surface area contributed by atoms with Gasteiger partial charge in [0.25, 0.3) is 0 Å². The molecular weight excluding hydrogens is 231 g/mol. The van der Waals surface area contributed by atoms with Crippen molar-refractivity contribution in [2.45, 2.75) is 32.3 Å². The summed E-state index contributed by atoms with van der Waals surface area (Å²) < 4.78 is 19.1. The Balaban J connectivity index is 1.79. The maximum absolute atomic E-state index is 13.6. The van der Waals surface area contributed by atoms with Gasteiger partial charge in [-0.3, -0.25) is 5.41 Å². The number of amidine groups is 1. The van der Waals surface area contributed by atoms with Gasteiger partial charge < -0.3 is 10.5 Å². The van der Waals surface area contributed by atoms with Crippen LogP contribution < -0.4 is 5.73 Å². The molecule has 1 aliphatic carbocycles. The van der Waals surface area contributed by atoms with E-state index in [9.17, 15) is 4.39 Å². The van der Waals surface area contributed by atoms with Crippen molar-refractivity contribution in [3.63, 3.8) is 0 Å². The minimum atomic E-state index is -0.355. The zero-order chi connectivity index (χ0) is 13.0. The van der Waals surface area contributed by atoms with Gasteiger partial charge in [-0.05, 0) is 18.4 Å². The Hall–Kier alpha value is -1.42. The highest BCUT2D eigenvalue weighted by molar-refractivity contribution is 5.94. The van der Waals surface area contributed by atoms with Crippen molar-refractivity contribution in [3.8, 4) is 0 Å². The minimum absolute atomic E-state index is 0.119. The van der Waals surface area contributed by atoms with Gasteiger partial charge in [0.15, 0.2) is 0 Å². The molecule has 0 radical (unpaired) electrons. The third-order valence-electron chi connectivity index (χ3n) is 3.52. The maximum Gasteiger partial charge on any atom is 0.129 e. The smallest absolute Gasteiger partial charge is 0.129 e. The molecule has 1 aromatic rings. The van der Waals surface area contributed by atoms with Crippen molar-refractivity contribution in [2.24, 2.45) is 11.7 Å². The first-order valence-electron chi connectivity index (χ1n) is 6.37. The molecular formula is C14H19FN2O. The summed E-state index contributed by atoms with van der Waals surface area (Å²) in [4.78, 5) is 0. The number of hydrogen-bond acceptors (Lipinski definition) is 2. The van der Waals surface area contributed by atoms with Crippen LogP contribution in [-0.4, -0.2) is 12.4 Å². The molecule has 0 heterocycles. The number of ether oxygens (including phenoxy) is 1. The SMILES string of the molecule is N=C(N)c1ccc(COCCC2CCC2)c(F)c1. The van der Waals surface area contributed by atoms with Crippen molar-refractivity contribution >= 4 is 5.84 Å². The second-order valence-corrected chi connectivity index (χ2v) is 4.86. The molecule has 0 bridgehead atoms. The van der Waals surface area contributed by atoms with E-state index in [-0.39, 0.29) is 18.3 Å². The molecule has 0 amide bonds. The highest BCUT2D eigenvalue weighted by atomic mass is 19.1. The number of hydrogen-bond donors (Lipinski definition) is 2. The molecule has 3 nitrogen and oxygen atoms in total. The monoisotopic (exact) mass is 250 g/mol. The van der Waals surface area contributed by atoms with Crippen molar-refractivity contribution in [1.82, 2.24) is 0 Å². The van der Waals surface area contributed by atoms with Crippen LogP contribution in [-0.2, 0) is 11.3 Å². The number of nitrogens with two attached hydrogens (primary N) is 1. The van der Waals surface area contributed by atoms with Crippen LogP contribution in [0, 0.1) is 17.1 Å². The molecule has 1 aliphatic rings. The Morgan fingerprint density at radius 2 is 2.22 bits per heavy atom. The Labute approximate surface area is 107 Å². The average molecular weight is 250 g/mol. The van der Waals surface area contributed by atoms with Crippen LogP contribution in [0.2, 0.25) is 0 Å². The van der Waals surface area contributed by atoms with Crippen LogP contribution in [0.3, 0.4) is 0 Å². The van der Waals surface area contributed by atoms with E-state index in [2.05, 4.69) is 0 Å². The highest BCUT2D eigenvalue weighted by Gasteiger charge is 2.16. The standard InChI is InChI=1S/C14H19FN2O/c15-13-8-11(14(16)17)4-5-12(13)9-18-7-6-10-2-1-3-10/h4-5,8,10H,1-3,6-7,9H2,(H3,16,17). The molecule has 0 atom stereocenters. The van der Waals surface area contributed by atoms with Crippen molar-refractivity contribution in [2.75, 3.05) is 6.61 Å². The molecule has 98 valence electrons. The molecule has 18 heavy (non-hydrogen) atoms. The second-order valence-electron chi connectivity index (χ2n) is 4.86. The topological polar surface area (TPSA) is 59.1 Å². The largest absolute Gasteiger partial charge is 0.384 e. The summed E-state index contributed by atoms with van der Waals surface area (Å²) in [5.41, 5.74) is 6.22. The molecule has 4 heteroatoms. The van der Waals surface area contributed by atoms with Crippen LogP contribution in [0.15, 0.2) is 18.2 Å². The third kappa shape index (κ3) is 3.29. The summed E-state index contributed by atoms with van der Waals surface area (Å²) in [6.45, 7) is 0.981. The van der Waals surface area contributed by atoms with Gasteiger partial charge >= 0.3 is 0 Å². The van der Waals surface area contributed by atoms with Gasteiger partial charge in [-0.2, -0.15) is 0 Å². The van der Waals surface area contributed by atoms with Crippen LogP contribution in [0.5, 0.6) is 0 Å². The fourth-order valence-corrected chi connectivity index (χ4v) is 2.05. The van der Waals surface area contributed by atoms with Gasteiger partial charge in [0.05, 0.1) is 6.61 Å².